The van der Waals surface area contributed by atoms with E-state index in [4.69, 9.17) is 4.74 Å². The van der Waals surface area contributed by atoms with Gasteiger partial charge in [-0.1, -0.05) is 11.3 Å². The monoisotopic (exact) mass is 402 g/mol. The molecule has 0 radical (unpaired) electrons. The average molecular weight is 402 g/mol. The van der Waals surface area contributed by atoms with Crippen molar-refractivity contribution in [2.45, 2.75) is 11.4 Å². The van der Waals surface area contributed by atoms with Crippen molar-refractivity contribution in [1.29, 1.82) is 0 Å². The van der Waals surface area contributed by atoms with Gasteiger partial charge in [0.05, 0.1) is 21.7 Å². The van der Waals surface area contributed by atoms with Gasteiger partial charge in [0.1, 0.15) is 11.6 Å². The molecule has 0 spiro atoms. The second-order valence-electron chi connectivity index (χ2n) is 5.28. The van der Waals surface area contributed by atoms with Crippen molar-refractivity contribution in [3.63, 3.8) is 0 Å². The van der Waals surface area contributed by atoms with Crippen molar-refractivity contribution in [2.24, 2.45) is 4.40 Å². The highest BCUT2D eigenvalue weighted by Gasteiger charge is 2.17. The smallest absolute Gasteiger partial charge is 0.285 e. The lowest BCUT2D eigenvalue weighted by atomic mass is 10.3. The van der Waals surface area contributed by atoms with Gasteiger partial charge in [-0.3, -0.25) is 0 Å². The minimum atomic E-state index is -4.16. The maximum atomic E-state index is 14.2. The van der Waals surface area contributed by atoms with Crippen LogP contribution in [0.15, 0.2) is 45.7 Å². The predicted molar refractivity (Wildman–Crippen MR) is 90.8 cm³/mol. The van der Waals surface area contributed by atoms with E-state index in [0.29, 0.717) is 0 Å². The summed E-state index contributed by atoms with van der Waals surface area (Å²) in [5.41, 5.74) is 0.0431. The molecule has 0 fully saturated rings. The lowest BCUT2D eigenvalue weighted by molar-refractivity contribution is 0.187. The van der Waals surface area contributed by atoms with Crippen molar-refractivity contribution >= 4 is 31.6 Å². The number of halogens is 3. The van der Waals surface area contributed by atoms with Gasteiger partial charge in [0.2, 0.25) is 4.80 Å². The zero-order valence-electron chi connectivity index (χ0n) is 13.4. The van der Waals surface area contributed by atoms with E-state index in [1.807, 2.05) is 0 Å². The summed E-state index contributed by atoms with van der Waals surface area (Å²) in [5.74, 6) is -2.19. The van der Waals surface area contributed by atoms with Crippen molar-refractivity contribution < 1.29 is 26.3 Å². The lowest BCUT2D eigenvalue weighted by Crippen LogP contribution is -2.20. The molecule has 0 saturated carbocycles. The summed E-state index contributed by atoms with van der Waals surface area (Å²) < 4.78 is 75.9. The molecule has 0 N–H and O–H groups in total. The van der Waals surface area contributed by atoms with E-state index in [-0.39, 0.29) is 33.1 Å². The van der Waals surface area contributed by atoms with Crippen LogP contribution in [0, 0.1) is 17.5 Å². The van der Waals surface area contributed by atoms with Gasteiger partial charge in [0, 0.05) is 19.7 Å². The largest absolute Gasteiger partial charge is 0.383 e. The van der Waals surface area contributed by atoms with E-state index in [9.17, 15) is 21.6 Å². The molecule has 5 nitrogen and oxygen atoms in total. The number of benzene rings is 2. The van der Waals surface area contributed by atoms with Crippen molar-refractivity contribution in [3.8, 4) is 0 Å². The van der Waals surface area contributed by atoms with E-state index in [2.05, 4.69) is 4.40 Å². The summed E-state index contributed by atoms with van der Waals surface area (Å²) in [7, 11) is -2.72. The number of ether oxygens (including phenoxy) is 1. The third-order valence-electron chi connectivity index (χ3n) is 3.52. The average Bonchev–Trinajstić information content (AvgIpc) is 2.89. The van der Waals surface area contributed by atoms with Crippen LogP contribution in [0.5, 0.6) is 0 Å². The minimum Gasteiger partial charge on any atom is -0.383 e. The zero-order valence-corrected chi connectivity index (χ0v) is 15.1. The molecule has 0 aliphatic heterocycles. The molecule has 0 saturated heterocycles. The summed E-state index contributed by atoms with van der Waals surface area (Å²) >= 11 is 0.835. The number of hydrogen-bond donors (Lipinski definition) is 0. The quantitative estimate of drug-likeness (QED) is 0.659. The number of fused-ring (bicyclic) bond motifs is 1. The topological polar surface area (TPSA) is 60.7 Å². The molecule has 0 atom stereocenters. The van der Waals surface area contributed by atoms with Gasteiger partial charge < -0.3 is 9.30 Å². The summed E-state index contributed by atoms with van der Waals surface area (Å²) in [6.07, 6.45) is 0. The molecule has 2 aromatic carbocycles. The van der Waals surface area contributed by atoms with Crippen LogP contribution in [0.4, 0.5) is 13.2 Å². The molecular formula is C16H13F3N2O3S2. The molecule has 26 heavy (non-hydrogen) atoms. The molecule has 0 unspecified atom stereocenters. The van der Waals surface area contributed by atoms with Crippen LogP contribution in [-0.2, 0) is 21.3 Å². The fourth-order valence-electron chi connectivity index (χ4n) is 2.35. The Morgan fingerprint density at radius 1 is 1.12 bits per heavy atom. The maximum Gasteiger partial charge on any atom is 0.285 e. The summed E-state index contributed by atoms with van der Waals surface area (Å²) in [6, 6.07) is 6.00. The highest BCUT2D eigenvalue weighted by molar-refractivity contribution is 7.90. The number of nitrogens with zero attached hydrogens (tertiary/aromatic N) is 2. The van der Waals surface area contributed by atoms with Gasteiger partial charge in [-0.05, 0) is 30.3 Å². The third-order valence-corrected chi connectivity index (χ3v) is 5.95. The van der Waals surface area contributed by atoms with E-state index in [1.165, 1.54) is 11.7 Å². The van der Waals surface area contributed by atoms with Gasteiger partial charge in [-0.15, -0.1) is 4.40 Å². The van der Waals surface area contributed by atoms with Crippen molar-refractivity contribution in [3.05, 3.63) is 58.7 Å². The van der Waals surface area contributed by atoms with Crippen LogP contribution >= 0.6 is 11.3 Å². The highest BCUT2D eigenvalue weighted by atomic mass is 32.2. The Balaban J connectivity index is 2.24. The second kappa shape index (κ2) is 7.22. The van der Waals surface area contributed by atoms with E-state index in [0.717, 1.165) is 47.7 Å². The summed E-state index contributed by atoms with van der Waals surface area (Å²) in [5, 5.41) is 0. The maximum absolute atomic E-state index is 14.2. The molecule has 0 bridgehead atoms. The zero-order chi connectivity index (χ0) is 18.9. The van der Waals surface area contributed by atoms with Crippen LogP contribution in [0.1, 0.15) is 0 Å². The Hall–Kier alpha value is -2.17. The van der Waals surface area contributed by atoms with E-state index < -0.39 is 27.5 Å². The molecular weight excluding hydrogens is 389 g/mol. The van der Waals surface area contributed by atoms with Crippen LogP contribution in [0.3, 0.4) is 0 Å². The predicted octanol–water partition coefficient (Wildman–Crippen LogP) is 3.06. The molecule has 3 rings (SSSR count). The molecule has 138 valence electrons. The van der Waals surface area contributed by atoms with Gasteiger partial charge in [-0.2, -0.15) is 8.42 Å². The van der Waals surface area contributed by atoms with Gasteiger partial charge in [0.15, 0.2) is 5.82 Å². The van der Waals surface area contributed by atoms with Crippen LogP contribution in [0.2, 0.25) is 0 Å². The summed E-state index contributed by atoms with van der Waals surface area (Å²) in [4.78, 5) is -0.243. The fourth-order valence-corrected chi connectivity index (χ4v) is 4.65. The fraction of sp³-hybridized carbons (Fsp3) is 0.188. The molecule has 1 heterocycles. The minimum absolute atomic E-state index is 0.0362. The highest BCUT2D eigenvalue weighted by Crippen LogP contribution is 2.23. The van der Waals surface area contributed by atoms with Gasteiger partial charge >= 0.3 is 0 Å². The first kappa shape index (κ1) is 18.6. The Morgan fingerprint density at radius 2 is 1.81 bits per heavy atom. The van der Waals surface area contributed by atoms with E-state index in [1.54, 1.807) is 0 Å². The first-order valence-corrected chi connectivity index (χ1v) is 9.61. The van der Waals surface area contributed by atoms with Crippen molar-refractivity contribution in [2.75, 3.05) is 13.7 Å². The van der Waals surface area contributed by atoms with E-state index >= 15 is 0 Å². The number of hydrogen-bond acceptors (Lipinski definition) is 4. The number of thiazole rings is 1. The molecule has 0 aliphatic rings. The number of rotatable bonds is 5. The van der Waals surface area contributed by atoms with Crippen LogP contribution in [0.25, 0.3) is 10.2 Å². The normalized spacial score (nSPS) is 12.8. The molecule has 3 aromatic rings. The molecule has 10 heteroatoms. The Morgan fingerprint density at radius 3 is 2.46 bits per heavy atom. The Bertz CT molecular complexity index is 1120. The number of aromatic nitrogens is 1. The van der Waals surface area contributed by atoms with Gasteiger partial charge in [-0.25, -0.2) is 13.2 Å². The number of sulfonamides is 1. The van der Waals surface area contributed by atoms with Crippen LogP contribution in [-0.4, -0.2) is 26.7 Å². The molecule has 0 aliphatic carbocycles. The first-order chi connectivity index (χ1) is 12.3. The third kappa shape index (κ3) is 3.67. The lowest BCUT2D eigenvalue weighted by Gasteiger charge is -2.05. The van der Waals surface area contributed by atoms with Gasteiger partial charge in [0.25, 0.3) is 10.0 Å². The Kier molecular flexibility index (Phi) is 5.17. The first-order valence-electron chi connectivity index (χ1n) is 7.36. The molecule has 1 aromatic heterocycles. The Labute approximate surface area is 151 Å². The van der Waals surface area contributed by atoms with Crippen LogP contribution < -0.4 is 4.80 Å². The standard InChI is InChI=1S/C16H13F3N2O3S2/c1-24-7-6-21-15-13(19)8-11(18)9-14(15)25-16(21)20-26(22,23)12-4-2-10(17)3-5-12/h2-5,8-9H,6-7H2,1H3/b20-16-. The van der Waals surface area contributed by atoms with Crippen molar-refractivity contribution in [1.82, 2.24) is 4.57 Å². The second-order valence-corrected chi connectivity index (χ2v) is 7.90. The summed E-state index contributed by atoms with van der Waals surface area (Å²) in [6.45, 7) is 0.295. The molecule has 0 amide bonds. The SMILES string of the molecule is COCCn1/c(=N/S(=O)(=O)c2ccc(F)cc2)sc2cc(F)cc(F)c21. The number of methoxy groups -OCH3 is 1.